The van der Waals surface area contributed by atoms with Gasteiger partial charge in [0, 0.05) is 17.5 Å². The molecule has 0 saturated heterocycles. The summed E-state index contributed by atoms with van der Waals surface area (Å²) in [6.07, 6.45) is 0.979. The van der Waals surface area contributed by atoms with E-state index in [2.05, 4.69) is 28.3 Å². The number of imidazole rings is 1. The lowest BCUT2D eigenvalue weighted by atomic mass is 10.0. The van der Waals surface area contributed by atoms with E-state index in [0.29, 0.717) is 22.9 Å². The zero-order valence-electron chi connectivity index (χ0n) is 12.4. The van der Waals surface area contributed by atoms with Crippen LogP contribution in [0.5, 0.6) is 0 Å². The summed E-state index contributed by atoms with van der Waals surface area (Å²) in [5.41, 5.74) is 7.63. The van der Waals surface area contributed by atoms with Crippen molar-refractivity contribution < 1.29 is 9.18 Å². The highest BCUT2D eigenvalue weighted by Crippen LogP contribution is 2.34. The van der Waals surface area contributed by atoms with Crippen molar-refractivity contribution in [3.8, 4) is 10.7 Å². The molecule has 1 atom stereocenters. The molecule has 4 N–H and O–H groups in total. The third-order valence-corrected chi connectivity index (χ3v) is 5.27. The Morgan fingerprint density at radius 2 is 2.26 bits per heavy atom. The van der Waals surface area contributed by atoms with Gasteiger partial charge in [0.25, 0.3) is 5.91 Å². The van der Waals surface area contributed by atoms with Crippen molar-refractivity contribution in [3.05, 3.63) is 40.0 Å². The molecule has 23 heavy (non-hydrogen) atoms. The number of thiophene rings is 1. The first kappa shape index (κ1) is 14.3. The SMILES string of the molecule is CC1Cc2cc(-c3nc4c(C(N)=O)cc(F)cc4[nH]3)sc2CN1. The van der Waals surface area contributed by atoms with Gasteiger partial charge in [-0.15, -0.1) is 11.3 Å². The van der Waals surface area contributed by atoms with Gasteiger partial charge in [-0.2, -0.15) is 0 Å². The molecule has 4 rings (SSSR count). The number of nitrogens with one attached hydrogen (secondary N) is 2. The molecule has 0 bridgehead atoms. The summed E-state index contributed by atoms with van der Waals surface area (Å²) in [6.45, 7) is 3.01. The lowest BCUT2D eigenvalue weighted by molar-refractivity contribution is 0.100. The smallest absolute Gasteiger partial charge is 0.251 e. The lowest BCUT2D eigenvalue weighted by Crippen LogP contribution is -2.31. The van der Waals surface area contributed by atoms with Gasteiger partial charge in [0.15, 0.2) is 0 Å². The maximum absolute atomic E-state index is 13.6. The van der Waals surface area contributed by atoms with Crippen molar-refractivity contribution in [2.45, 2.75) is 25.9 Å². The van der Waals surface area contributed by atoms with E-state index in [1.165, 1.54) is 16.5 Å². The molecule has 3 aromatic rings. The molecule has 3 heterocycles. The Morgan fingerprint density at radius 3 is 3.04 bits per heavy atom. The van der Waals surface area contributed by atoms with Gasteiger partial charge in [0.1, 0.15) is 17.2 Å². The summed E-state index contributed by atoms with van der Waals surface area (Å²) >= 11 is 1.66. The van der Waals surface area contributed by atoms with E-state index in [-0.39, 0.29) is 5.56 Å². The first-order valence-electron chi connectivity index (χ1n) is 7.35. The van der Waals surface area contributed by atoms with Gasteiger partial charge in [-0.1, -0.05) is 0 Å². The van der Waals surface area contributed by atoms with E-state index >= 15 is 0 Å². The highest BCUT2D eigenvalue weighted by Gasteiger charge is 2.20. The van der Waals surface area contributed by atoms with E-state index < -0.39 is 11.7 Å². The Labute approximate surface area is 135 Å². The monoisotopic (exact) mass is 330 g/mol. The summed E-state index contributed by atoms with van der Waals surface area (Å²) in [5, 5.41) is 3.43. The molecule has 1 unspecified atom stereocenters. The fourth-order valence-electron chi connectivity index (χ4n) is 2.96. The molecule has 0 fully saturated rings. The van der Waals surface area contributed by atoms with Gasteiger partial charge < -0.3 is 16.0 Å². The number of fused-ring (bicyclic) bond motifs is 2. The van der Waals surface area contributed by atoms with Crippen molar-refractivity contribution >= 4 is 28.3 Å². The number of primary amides is 1. The molecule has 1 amide bonds. The number of nitrogens with two attached hydrogens (primary N) is 1. The second-order valence-electron chi connectivity index (χ2n) is 5.84. The molecular formula is C16H15FN4OS. The molecule has 0 aliphatic carbocycles. The molecule has 0 radical (unpaired) electrons. The normalized spacial score (nSPS) is 17.4. The van der Waals surface area contributed by atoms with Crippen LogP contribution in [0, 0.1) is 5.82 Å². The minimum absolute atomic E-state index is 0.0964. The van der Waals surface area contributed by atoms with E-state index in [0.717, 1.165) is 23.9 Å². The first-order chi connectivity index (χ1) is 11.0. The number of hydrogen-bond acceptors (Lipinski definition) is 4. The number of aromatic amines is 1. The van der Waals surface area contributed by atoms with Crippen LogP contribution in [0.15, 0.2) is 18.2 Å². The van der Waals surface area contributed by atoms with Crippen LogP contribution in [0.1, 0.15) is 27.7 Å². The van der Waals surface area contributed by atoms with Gasteiger partial charge in [-0.25, -0.2) is 9.37 Å². The molecule has 7 heteroatoms. The molecule has 5 nitrogen and oxygen atoms in total. The van der Waals surface area contributed by atoms with Gasteiger partial charge in [-0.05, 0) is 37.1 Å². The molecule has 1 aromatic carbocycles. The van der Waals surface area contributed by atoms with Crippen LogP contribution in [0.3, 0.4) is 0 Å². The van der Waals surface area contributed by atoms with Crippen LogP contribution in [0.25, 0.3) is 21.7 Å². The number of carbonyl (C=O) groups is 1. The Balaban J connectivity index is 1.84. The zero-order chi connectivity index (χ0) is 16.1. The van der Waals surface area contributed by atoms with E-state index in [9.17, 15) is 9.18 Å². The van der Waals surface area contributed by atoms with Crippen LogP contribution in [-0.4, -0.2) is 21.9 Å². The van der Waals surface area contributed by atoms with Crippen molar-refractivity contribution in [3.63, 3.8) is 0 Å². The standard InChI is InChI=1S/C16H15FN4OS/c1-7-2-8-3-12(23-13(8)6-19-7)16-20-11-5-9(17)4-10(15(18)22)14(11)21-16/h3-5,7,19H,2,6H2,1H3,(H2,18,22)(H,20,21). The lowest BCUT2D eigenvalue weighted by Gasteiger charge is -2.19. The van der Waals surface area contributed by atoms with E-state index in [1.54, 1.807) is 11.3 Å². The summed E-state index contributed by atoms with van der Waals surface area (Å²) in [4.78, 5) is 21.4. The predicted molar refractivity (Wildman–Crippen MR) is 87.9 cm³/mol. The third kappa shape index (κ3) is 2.42. The van der Waals surface area contributed by atoms with E-state index in [4.69, 9.17) is 5.73 Å². The summed E-state index contributed by atoms with van der Waals surface area (Å²) in [5.74, 6) is -0.554. The Hall–Kier alpha value is -2.25. The van der Waals surface area contributed by atoms with Crippen molar-refractivity contribution in [1.82, 2.24) is 15.3 Å². The number of benzene rings is 1. The van der Waals surface area contributed by atoms with E-state index in [1.807, 2.05) is 0 Å². The highest BCUT2D eigenvalue weighted by molar-refractivity contribution is 7.15. The maximum atomic E-state index is 13.6. The molecule has 1 aliphatic heterocycles. The van der Waals surface area contributed by atoms with Crippen LogP contribution < -0.4 is 11.1 Å². The molecule has 0 spiro atoms. The number of halogens is 1. The second-order valence-corrected chi connectivity index (χ2v) is 6.98. The number of rotatable bonds is 2. The highest BCUT2D eigenvalue weighted by atomic mass is 32.1. The summed E-state index contributed by atoms with van der Waals surface area (Å²) in [6, 6.07) is 5.03. The van der Waals surface area contributed by atoms with Crippen molar-refractivity contribution in [1.29, 1.82) is 0 Å². The fraction of sp³-hybridized carbons (Fsp3) is 0.250. The van der Waals surface area contributed by atoms with Crippen LogP contribution in [0.4, 0.5) is 4.39 Å². The Kier molecular flexibility index (Phi) is 3.21. The zero-order valence-corrected chi connectivity index (χ0v) is 13.3. The summed E-state index contributed by atoms with van der Waals surface area (Å²) in [7, 11) is 0. The summed E-state index contributed by atoms with van der Waals surface area (Å²) < 4.78 is 13.6. The molecule has 0 saturated carbocycles. The van der Waals surface area contributed by atoms with Gasteiger partial charge in [0.05, 0.1) is 16.0 Å². The average molecular weight is 330 g/mol. The number of carbonyl (C=O) groups excluding carboxylic acids is 1. The molecule has 1 aliphatic rings. The third-order valence-electron chi connectivity index (χ3n) is 4.08. The predicted octanol–water partition coefficient (Wildman–Crippen LogP) is 2.56. The number of aromatic nitrogens is 2. The molecule has 2 aromatic heterocycles. The van der Waals surface area contributed by atoms with Crippen LogP contribution in [0.2, 0.25) is 0 Å². The minimum Gasteiger partial charge on any atom is -0.366 e. The molecule has 118 valence electrons. The Bertz CT molecular complexity index is 930. The average Bonchev–Trinajstić information content (AvgIpc) is 3.08. The topological polar surface area (TPSA) is 83.8 Å². The quantitative estimate of drug-likeness (QED) is 0.675. The van der Waals surface area contributed by atoms with Crippen molar-refractivity contribution in [2.24, 2.45) is 5.73 Å². The Morgan fingerprint density at radius 1 is 1.43 bits per heavy atom. The number of nitrogens with zero attached hydrogens (tertiary/aromatic N) is 1. The number of hydrogen-bond donors (Lipinski definition) is 3. The fourth-order valence-corrected chi connectivity index (χ4v) is 4.05. The van der Waals surface area contributed by atoms with Gasteiger partial charge in [0.2, 0.25) is 0 Å². The first-order valence-corrected chi connectivity index (χ1v) is 8.17. The van der Waals surface area contributed by atoms with Crippen molar-refractivity contribution in [2.75, 3.05) is 0 Å². The number of amides is 1. The number of H-pyrrole nitrogens is 1. The minimum atomic E-state index is -0.684. The largest absolute Gasteiger partial charge is 0.366 e. The van der Waals surface area contributed by atoms with Crippen LogP contribution in [-0.2, 0) is 13.0 Å². The van der Waals surface area contributed by atoms with Gasteiger partial charge >= 0.3 is 0 Å². The maximum Gasteiger partial charge on any atom is 0.251 e. The second kappa shape index (κ2) is 5.14. The van der Waals surface area contributed by atoms with Crippen LogP contribution >= 0.6 is 11.3 Å². The molecular weight excluding hydrogens is 315 g/mol. The van der Waals surface area contributed by atoms with Gasteiger partial charge in [-0.3, -0.25) is 4.79 Å².